The molecule has 1 aromatic carbocycles. The Hall–Kier alpha value is -3.35. The van der Waals surface area contributed by atoms with E-state index in [2.05, 4.69) is 4.98 Å². The van der Waals surface area contributed by atoms with Gasteiger partial charge in [0.05, 0.1) is 5.69 Å². The third-order valence-corrected chi connectivity index (χ3v) is 6.67. The molecule has 0 atom stereocenters. The molecule has 0 aliphatic carbocycles. The van der Waals surface area contributed by atoms with E-state index in [-0.39, 0.29) is 17.7 Å². The van der Waals surface area contributed by atoms with Gasteiger partial charge in [-0.15, -0.1) is 0 Å². The number of nitrogens with zero attached hydrogens (tertiary/aromatic N) is 4. The van der Waals surface area contributed by atoms with Crippen molar-refractivity contribution in [3.8, 4) is 5.75 Å². The van der Waals surface area contributed by atoms with E-state index in [9.17, 15) is 9.59 Å². The molecule has 2 saturated heterocycles. The standard InChI is InChI=1S/C26H30N4O3/c1-19-7-8-24-27-22(17-30(24)16-19)18-33-23-6-4-5-21(15-23)26(32)29-13-9-20(10-14-29)25(31)28-11-2-3-12-28/h4-8,15-17,20H,2-3,9-14,18H2,1H3. The van der Waals surface area contributed by atoms with Crippen LogP contribution in [-0.2, 0) is 11.4 Å². The van der Waals surface area contributed by atoms with E-state index in [0.29, 0.717) is 31.0 Å². The number of carbonyl (C=O) groups is 2. The molecule has 33 heavy (non-hydrogen) atoms. The van der Waals surface area contributed by atoms with E-state index in [0.717, 1.165) is 50.1 Å². The molecule has 4 heterocycles. The zero-order chi connectivity index (χ0) is 22.8. The highest BCUT2D eigenvalue weighted by Crippen LogP contribution is 2.24. The van der Waals surface area contributed by atoms with Crippen LogP contribution >= 0.6 is 0 Å². The maximum Gasteiger partial charge on any atom is 0.253 e. The molecule has 2 aliphatic rings. The minimum absolute atomic E-state index is 0.00396. The van der Waals surface area contributed by atoms with Gasteiger partial charge in [-0.1, -0.05) is 12.1 Å². The van der Waals surface area contributed by atoms with Crippen molar-refractivity contribution in [3.05, 3.63) is 65.6 Å². The number of hydrogen-bond donors (Lipinski definition) is 0. The van der Waals surface area contributed by atoms with Crippen LogP contribution in [0.2, 0.25) is 0 Å². The van der Waals surface area contributed by atoms with Gasteiger partial charge < -0.3 is 18.9 Å². The Morgan fingerprint density at radius 1 is 1.00 bits per heavy atom. The van der Waals surface area contributed by atoms with Gasteiger partial charge in [-0.3, -0.25) is 9.59 Å². The average Bonchev–Trinajstić information content (AvgIpc) is 3.52. The zero-order valence-electron chi connectivity index (χ0n) is 19.1. The Morgan fingerprint density at radius 2 is 1.79 bits per heavy atom. The summed E-state index contributed by atoms with van der Waals surface area (Å²) in [5.74, 6) is 0.969. The topological polar surface area (TPSA) is 67.2 Å². The number of piperidine rings is 1. The highest BCUT2D eigenvalue weighted by Gasteiger charge is 2.31. The molecule has 2 amide bonds. The number of aryl methyl sites for hydroxylation is 1. The highest BCUT2D eigenvalue weighted by molar-refractivity contribution is 5.94. The fourth-order valence-corrected chi connectivity index (χ4v) is 4.81. The lowest BCUT2D eigenvalue weighted by Crippen LogP contribution is -2.43. The van der Waals surface area contributed by atoms with Crippen LogP contribution in [0, 0.1) is 12.8 Å². The first kappa shape index (κ1) is 21.5. The predicted octanol–water partition coefficient (Wildman–Crippen LogP) is 3.70. The number of fused-ring (bicyclic) bond motifs is 1. The summed E-state index contributed by atoms with van der Waals surface area (Å²) in [4.78, 5) is 34.2. The maximum absolute atomic E-state index is 13.1. The summed E-state index contributed by atoms with van der Waals surface area (Å²) >= 11 is 0. The van der Waals surface area contributed by atoms with Gasteiger partial charge in [-0.25, -0.2) is 4.98 Å². The third kappa shape index (κ3) is 4.72. The molecule has 2 fully saturated rings. The fraction of sp³-hybridized carbons (Fsp3) is 0.423. The Balaban J connectivity index is 1.18. The summed E-state index contributed by atoms with van der Waals surface area (Å²) in [5, 5.41) is 0. The molecule has 0 spiro atoms. The molecule has 0 bridgehead atoms. The quantitative estimate of drug-likeness (QED) is 0.599. The minimum Gasteiger partial charge on any atom is -0.487 e. The van der Waals surface area contributed by atoms with Crippen molar-refractivity contribution in [1.29, 1.82) is 0 Å². The Labute approximate surface area is 194 Å². The van der Waals surface area contributed by atoms with Crippen LogP contribution in [0.1, 0.15) is 47.3 Å². The minimum atomic E-state index is -0.00396. The number of pyridine rings is 1. The second-order valence-corrected chi connectivity index (χ2v) is 9.12. The van der Waals surface area contributed by atoms with Gasteiger partial charge in [0, 0.05) is 50.1 Å². The summed E-state index contributed by atoms with van der Waals surface area (Å²) in [6.07, 6.45) is 7.70. The van der Waals surface area contributed by atoms with Crippen LogP contribution in [0.3, 0.4) is 0 Å². The number of ether oxygens (including phenoxy) is 1. The van der Waals surface area contributed by atoms with Crippen LogP contribution < -0.4 is 4.74 Å². The predicted molar refractivity (Wildman–Crippen MR) is 125 cm³/mol. The number of aromatic nitrogens is 2. The van der Waals surface area contributed by atoms with Crippen LogP contribution in [0.5, 0.6) is 5.75 Å². The van der Waals surface area contributed by atoms with E-state index in [1.165, 1.54) is 5.56 Å². The molecule has 3 aromatic rings. The lowest BCUT2D eigenvalue weighted by molar-refractivity contribution is -0.135. The SMILES string of the molecule is Cc1ccc2nc(COc3cccc(C(=O)N4CCC(C(=O)N5CCCC5)CC4)c3)cn2c1. The number of imidazole rings is 1. The third-order valence-electron chi connectivity index (χ3n) is 6.67. The van der Waals surface area contributed by atoms with Gasteiger partial charge >= 0.3 is 0 Å². The monoisotopic (exact) mass is 446 g/mol. The first-order valence-electron chi connectivity index (χ1n) is 11.8. The van der Waals surface area contributed by atoms with E-state index >= 15 is 0 Å². The number of amides is 2. The van der Waals surface area contributed by atoms with Gasteiger partial charge in [0.2, 0.25) is 5.91 Å². The van der Waals surface area contributed by atoms with Gasteiger partial charge in [0.1, 0.15) is 18.0 Å². The number of likely N-dealkylation sites (tertiary alicyclic amines) is 2. The molecule has 0 radical (unpaired) electrons. The van der Waals surface area contributed by atoms with Gasteiger partial charge in [0.25, 0.3) is 5.91 Å². The van der Waals surface area contributed by atoms with Crippen LogP contribution in [0.15, 0.2) is 48.8 Å². The molecule has 0 saturated carbocycles. The first-order valence-corrected chi connectivity index (χ1v) is 11.8. The number of carbonyl (C=O) groups excluding carboxylic acids is 2. The molecule has 7 nitrogen and oxygen atoms in total. The molecular weight excluding hydrogens is 416 g/mol. The maximum atomic E-state index is 13.1. The van der Waals surface area contributed by atoms with E-state index in [4.69, 9.17) is 4.74 Å². The van der Waals surface area contributed by atoms with Crippen molar-refractivity contribution < 1.29 is 14.3 Å². The Morgan fingerprint density at radius 3 is 2.58 bits per heavy atom. The average molecular weight is 447 g/mol. The number of rotatable bonds is 5. The molecular formula is C26H30N4O3. The van der Waals surface area contributed by atoms with Crippen molar-refractivity contribution in [3.63, 3.8) is 0 Å². The van der Waals surface area contributed by atoms with Gasteiger partial charge in [-0.05, 0) is 62.4 Å². The summed E-state index contributed by atoms with van der Waals surface area (Å²) in [6, 6.07) is 11.3. The summed E-state index contributed by atoms with van der Waals surface area (Å²) in [5.41, 5.74) is 3.50. The second-order valence-electron chi connectivity index (χ2n) is 9.12. The molecule has 2 aromatic heterocycles. The normalized spacial score (nSPS) is 17.0. The molecule has 172 valence electrons. The van der Waals surface area contributed by atoms with Crippen molar-refractivity contribution >= 4 is 17.5 Å². The summed E-state index contributed by atoms with van der Waals surface area (Å²) in [6.45, 7) is 5.40. The fourth-order valence-electron chi connectivity index (χ4n) is 4.81. The second kappa shape index (κ2) is 9.25. The van der Waals surface area contributed by atoms with Crippen molar-refractivity contribution in [2.24, 2.45) is 5.92 Å². The summed E-state index contributed by atoms with van der Waals surface area (Å²) in [7, 11) is 0. The molecule has 5 rings (SSSR count). The van der Waals surface area contributed by atoms with Crippen molar-refractivity contribution in [2.45, 2.75) is 39.2 Å². The summed E-state index contributed by atoms with van der Waals surface area (Å²) < 4.78 is 7.93. The van der Waals surface area contributed by atoms with Gasteiger partial charge in [0.15, 0.2) is 0 Å². The Bertz CT molecular complexity index is 1160. The number of hydrogen-bond acceptors (Lipinski definition) is 4. The Kier molecular flexibility index (Phi) is 6.03. The largest absolute Gasteiger partial charge is 0.487 e. The van der Waals surface area contributed by atoms with Crippen LogP contribution in [0.4, 0.5) is 0 Å². The molecule has 0 N–H and O–H groups in total. The zero-order valence-corrected chi connectivity index (χ0v) is 19.1. The van der Waals surface area contributed by atoms with Crippen LogP contribution in [0.25, 0.3) is 5.65 Å². The van der Waals surface area contributed by atoms with E-state index in [1.807, 2.05) is 63.8 Å². The highest BCUT2D eigenvalue weighted by atomic mass is 16.5. The van der Waals surface area contributed by atoms with E-state index < -0.39 is 0 Å². The van der Waals surface area contributed by atoms with E-state index in [1.54, 1.807) is 6.07 Å². The number of benzene rings is 1. The smallest absolute Gasteiger partial charge is 0.253 e. The van der Waals surface area contributed by atoms with Crippen molar-refractivity contribution in [1.82, 2.24) is 19.2 Å². The molecule has 2 aliphatic heterocycles. The molecule has 7 heteroatoms. The van der Waals surface area contributed by atoms with Crippen molar-refractivity contribution in [2.75, 3.05) is 26.2 Å². The first-order chi connectivity index (χ1) is 16.1. The molecule has 0 unspecified atom stereocenters. The lowest BCUT2D eigenvalue weighted by atomic mass is 9.95. The van der Waals surface area contributed by atoms with Crippen LogP contribution in [-0.4, -0.2) is 57.2 Å². The van der Waals surface area contributed by atoms with Gasteiger partial charge in [-0.2, -0.15) is 0 Å². The lowest BCUT2D eigenvalue weighted by Gasteiger charge is -2.33.